The number of thiophene rings is 1. The van der Waals surface area contributed by atoms with Gasteiger partial charge in [0.25, 0.3) is 0 Å². The molecule has 0 aliphatic carbocycles. The molecule has 0 aliphatic rings. The molecule has 0 aliphatic heterocycles. The first-order valence-corrected chi connectivity index (χ1v) is 8.87. The Balaban J connectivity index is 2.24. The lowest BCUT2D eigenvalue weighted by atomic mass is 10.3. The number of hydrogen-bond acceptors (Lipinski definition) is 5. The molecule has 2 aromatic rings. The number of aromatic nitrogens is 1. The highest BCUT2D eigenvalue weighted by atomic mass is 32.2. The van der Waals surface area contributed by atoms with Crippen molar-refractivity contribution in [2.24, 2.45) is 0 Å². The van der Waals surface area contributed by atoms with E-state index in [1.807, 2.05) is 25.1 Å². The van der Waals surface area contributed by atoms with E-state index in [0.29, 0.717) is 11.4 Å². The van der Waals surface area contributed by atoms with Gasteiger partial charge in [-0.3, -0.25) is 4.98 Å². The molecule has 5 nitrogen and oxygen atoms in total. The highest BCUT2D eigenvalue weighted by Crippen LogP contribution is 2.25. The van der Waals surface area contributed by atoms with Gasteiger partial charge in [-0.05, 0) is 37.6 Å². The molecule has 0 radical (unpaired) electrons. The molecule has 2 aromatic heterocycles. The maximum atomic E-state index is 12.7. The third kappa shape index (κ3) is 3.68. The van der Waals surface area contributed by atoms with Gasteiger partial charge < -0.3 is 5.32 Å². The van der Waals surface area contributed by atoms with Crippen molar-refractivity contribution in [2.45, 2.75) is 24.9 Å². The summed E-state index contributed by atoms with van der Waals surface area (Å²) in [5, 5.41) is 4.80. The zero-order valence-electron chi connectivity index (χ0n) is 12.3. The van der Waals surface area contributed by atoms with Crippen molar-refractivity contribution in [3.63, 3.8) is 0 Å². The highest BCUT2D eigenvalue weighted by molar-refractivity contribution is 7.89. The quantitative estimate of drug-likeness (QED) is 0.882. The predicted octanol–water partition coefficient (Wildman–Crippen LogP) is 1.99. The van der Waals surface area contributed by atoms with Gasteiger partial charge >= 0.3 is 0 Å². The van der Waals surface area contributed by atoms with Gasteiger partial charge in [-0.25, -0.2) is 8.42 Å². The minimum atomic E-state index is -3.50. The van der Waals surface area contributed by atoms with Gasteiger partial charge in [0.2, 0.25) is 10.0 Å². The molecule has 0 amide bonds. The van der Waals surface area contributed by atoms with Crippen molar-refractivity contribution >= 4 is 21.4 Å². The summed E-state index contributed by atoms with van der Waals surface area (Å²) in [5.41, 5.74) is 1.62. The topological polar surface area (TPSA) is 62.3 Å². The van der Waals surface area contributed by atoms with Gasteiger partial charge in [-0.15, -0.1) is 11.3 Å². The van der Waals surface area contributed by atoms with Crippen LogP contribution in [0.3, 0.4) is 0 Å². The summed E-state index contributed by atoms with van der Waals surface area (Å²) in [6, 6.07) is 7.27. The van der Waals surface area contributed by atoms with Crippen molar-refractivity contribution in [1.82, 2.24) is 14.6 Å². The summed E-state index contributed by atoms with van der Waals surface area (Å²) in [5.74, 6) is 0. The van der Waals surface area contributed by atoms with E-state index in [1.165, 1.54) is 15.6 Å². The summed E-state index contributed by atoms with van der Waals surface area (Å²) >= 11 is 1.44. The average Bonchev–Trinajstić information content (AvgIpc) is 2.88. The summed E-state index contributed by atoms with van der Waals surface area (Å²) in [6.45, 7) is 2.70. The van der Waals surface area contributed by atoms with E-state index in [9.17, 15) is 8.42 Å². The van der Waals surface area contributed by atoms with Gasteiger partial charge in [-0.1, -0.05) is 6.07 Å². The van der Waals surface area contributed by atoms with Gasteiger partial charge in [0, 0.05) is 24.2 Å². The molecule has 114 valence electrons. The fourth-order valence-corrected chi connectivity index (χ4v) is 4.58. The number of hydrogen-bond donors (Lipinski definition) is 1. The average molecular weight is 325 g/mol. The number of nitrogens with zero attached hydrogens (tertiary/aromatic N) is 2. The van der Waals surface area contributed by atoms with E-state index < -0.39 is 10.0 Å². The maximum Gasteiger partial charge on any atom is 0.244 e. The van der Waals surface area contributed by atoms with Gasteiger partial charge in [0.15, 0.2) is 0 Å². The number of pyridine rings is 1. The molecule has 2 heterocycles. The number of sulfonamides is 1. The minimum absolute atomic E-state index is 0.263. The molecule has 0 atom stereocenters. The second-order valence-electron chi connectivity index (χ2n) is 4.77. The fraction of sp³-hybridized carbons (Fsp3) is 0.357. The Morgan fingerprint density at radius 1 is 1.33 bits per heavy atom. The summed E-state index contributed by atoms with van der Waals surface area (Å²) in [7, 11) is -0.110. The molecular weight excluding hydrogens is 306 g/mol. The lowest BCUT2D eigenvalue weighted by Crippen LogP contribution is -2.27. The molecule has 7 heteroatoms. The van der Waals surface area contributed by atoms with Crippen molar-refractivity contribution in [2.75, 3.05) is 14.1 Å². The van der Waals surface area contributed by atoms with Gasteiger partial charge in [-0.2, -0.15) is 4.31 Å². The van der Waals surface area contributed by atoms with E-state index in [2.05, 4.69) is 10.3 Å². The van der Waals surface area contributed by atoms with Crippen LogP contribution in [0.1, 0.15) is 16.3 Å². The van der Waals surface area contributed by atoms with E-state index in [-0.39, 0.29) is 6.54 Å². The third-order valence-electron chi connectivity index (χ3n) is 3.06. The van der Waals surface area contributed by atoms with Crippen LogP contribution in [0.2, 0.25) is 0 Å². The Bertz CT molecular complexity index is 711. The first kappa shape index (κ1) is 16.1. The van der Waals surface area contributed by atoms with Crippen molar-refractivity contribution in [3.8, 4) is 0 Å². The van der Waals surface area contributed by atoms with Crippen LogP contribution in [0.5, 0.6) is 0 Å². The van der Waals surface area contributed by atoms with E-state index in [1.54, 1.807) is 25.5 Å². The standard InChI is InChI=1S/C14H19N3O2S2/c1-11-5-4-6-12(16-11)10-17(3)21(18,19)14-7-8-20-13(14)9-15-2/h4-8,15H,9-10H2,1-3H3. The van der Waals surface area contributed by atoms with Crippen LogP contribution in [-0.4, -0.2) is 31.8 Å². The molecular formula is C14H19N3O2S2. The molecule has 21 heavy (non-hydrogen) atoms. The van der Waals surface area contributed by atoms with Crippen molar-refractivity contribution in [3.05, 3.63) is 45.9 Å². The summed E-state index contributed by atoms with van der Waals surface area (Å²) in [4.78, 5) is 5.54. The van der Waals surface area contributed by atoms with Gasteiger partial charge in [0.05, 0.1) is 17.1 Å². The first-order chi connectivity index (χ1) is 9.95. The lowest BCUT2D eigenvalue weighted by Gasteiger charge is -2.17. The predicted molar refractivity (Wildman–Crippen MR) is 84.7 cm³/mol. The highest BCUT2D eigenvalue weighted by Gasteiger charge is 2.25. The third-order valence-corrected chi connectivity index (χ3v) is 6.00. The Morgan fingerprint density at radius 2 is 2.10 bits per heavy atom. The normalized spacial score (nSPS) is 12.0. The number of aryl methyl sites for hydroxylation is 1. The van der Waals surface area contributed by atoms with Crippen LogP contribution in [0, 0.1) is 6.92 Å². The number of rotatable bonds is 6. The smallest absolute Gasteiger partial charge is 0.244 e. The molecule has 0 fully saturated rings. The monoisotopic (exact) mass is 325 g/mol. The van der Waals surface area contributed by atoms with E-state index in [4.69, 9.17) is 0 Å². The van der Waals surface area contributed by atoms with Crippen molar-refractivity contribution in [1.29, 1.82) is 0 Å². The Morgan fingerprint density at radius 3 is 2.76 bits per heavy atom. The SMILES string of the molecule is CNCc1sccc1S(=O)(=O)N(C)Cc1cccc(C)n1. The zero-order valence-corrected chi connectivity index (χ0v) is 14.0. The molecule has 0 saturated carbocycles. The maximum absolute atomic E-state index is 12.7. The second kappa shape index (κ2) is 6.65. The van der Waals surface area contributed by atoms with Crippen LogP contribution >= 0.6 is 11.3 Å². The molecule has 0 saturated heterocycles. The molecule has 0 spiro atoms. The molecule has 0 unspecified atom stereocenters. The van der Waals surface area contributed by atoms with Crippen molar-refractivity contribution < 1.29 is 8.42 Å². The van der Waals surface area contributed by atoms with Crippen LogP contribution < -0.4 is 5.32 Å². The largest absolute Gasteiger partial charge is 0.315 e. The van der Waals surface area contributed by atoms with E-state index >= 15 is 0 Å². The Kier molecular flexibility index (Phi) is 5.10. The summed E-state index contributed by atoms with van der Waals surface area (Å²) in [6.07, 6.45) is 0. The van der Waals surface area contributed by atoms with Crippen LogP contribution in [0.25, 0.3) is 0 Å². The second-order valence-corrected chi connectivity index (χ2v) is 7.78. The summed E-state index contributed by atoms with van der Waals surface area (Å²) < 4.78 is 26.7. The first-order valence-electron chi connectivity index (χ1n) is 6.55. The molecule has 2 rings (SSSR count). The van der Waals surface area contributed by atoms with Crippen LogP contribution in [0.15, 0.2) is 34.5 Å². The lowest BCUT2D eigenvalue weighted by molar-refractivity contribution is 0.461. The Hall–Kier alpha value is -1.28. The fourth-order valence-electron chi connectivity index (χ4n) is 2.02. The number of nitrogens with one attached hydrogen (secondary N) is 1. The minimum Gasteiger partial charge on any atom is -0.315 e. The molecule has 0 bridgehead atoms. The molecule has 0 aromatic carbocycles. The van der Waals surface area contributed by atoms with Crippen LogP contribution in [-0.2, 0) is 23.1 Å². The van der Waals surface area contributed by atoms with E-state index in [0.717, 1.165) is 16.3 Å². The van der Waals surface area contributed by atoms with Crippen LogP contribution in [0.4, 0.5) is 0 Å². The van der Waals surface area contributed by atoms with Gasteiger partial charge in [0.1, 0.15) is 0 Å². The molecule has 1 N–H and O–H groups in total. The Labute approximate surface area is 129 Å². The zero-order chi connectivity index (χ0) is 15.5.